The van der Waals surface area contributed by atoms with E-state index in [4.69, 9.17) is 10.2 Å². The highest BCUT2D eigenvalue weighted by Gasteiger charge is 2.24. The van der Waals surface area contributed by atoms with Crippen molar-refractivity contribution in [1.29, 1.82) is 0 Å². The molecule has 0 radical (unpaired) electrons. The van der Waals surface area contributed by atoms with E-state index in [9.17, 15) is 14.4 Å². The maximum atomic E-state index is 11.7. The van der Waals surface area contributed by atoms with Crippen molar-refractivity contribution < 1.29 is 29.3 Å². The molecule has 7 nitrogen and oxygen atoms in total. The number of ether oxygens (including phenoxy) is 1. The molecule has 0 aliphatic rings. The molecule has 0 unspecified atom stereocenters. The first kappa shape index (κ1) is 14.5. The molecule has 0 bridgehead atoms. The molecule has 0 fully saturated rings. The van der Waals surface area contributed by atoms with Gasteiger partial charge in [0.15, 0.2) is 0 Å². The van der Waals surface area contributed by atoms with E-state index in [1.165, 1.54) is 24.3 Å². The number of hydrogen-bond acceptors (Lipinski definition) is 5. The van der Waals surface area contributed by atoms with Crippen LogP contribution in [0.4, 0.5) is 0 Å². The molecular formula is C12H13NO6. The minimum Gasteiger partial charge on any atom is -0.508 e. The SMILES string of the molecule is COC(=O)C[C@H](NC(=O)c1ccc(O)cc1)C(=O)O. The van der Waals surface area contributed by atoms with Crippen molar-refractivity contribution in [3.8, 4) is 5.75 Å². The molecule has 3 N–H and O–H groups in total. The molecule has 1 atom stereocenters. The smallest absolute Gasteiger partial charge is 0.326 e. The molecule has 7 heteroatoms. The first-order valence-electron chi connectivity index (χ1n) is 5.33. The van der Waals surface area contributed by atoms with Gasteiger partial charge in [-0.1, -0.05) is 0 Å². The Labute approximate surface area is 108 Å². The number of phenolic OH excluding ortho intramolecular Hbond substituents is 1. The van der Waals surface area contributed by atoms with Crippen molar-refractivity contribution in [2.75, 3.05) is 7.11 Å². The summed E-state index contributed by atoms with van der Waals surface area (Å²) in [6.07, 6.45) is -0.463. The average molecular weight is 267 g/mol. The fourth-order valence-corrected chi connectivity index (χ4v) is 1.30. The third-order valence-electron chi connectivity index (χ3n) is 2.33. The number of aromatic hydroxyl groups is 1. The summed E-state index contributed by atoms with van der Waals surface area (Å²) in [6, 6.07) is 3.90. The predicted octanol–water partition coefficient (Wildman–Crippen LogP) is 0.138. The molecule has 0 aliphatic carbocycles. The number of carbonyl (C=O) groups is 3. The van der Waals surface area contributed by atoms with E-state index < -0.39 is 30.3 Å². The van der Waals surface area contributed by atoms with Crippen LogP contribution in [0.2, 0.25) is 0 Å². The van der Waals surface area contributed by atoms with Crippen LogP contribution in [-0.2, 0) is 14.3 Å². The summed E-state index contributed by atoms with van der Waals surface area (Å²) in [5.74, 6) is -2.74. The van der Waals surface area contributed by atoms with E-state index in [0.29, 0.717) is 0 Å². The van der Waals surface area contributed by atoms with Gasteiger partial charge in [0.1, 0.15) is 11.8 Å². The predicted molar refractivity (Wildman–Crippen MR) is 63.6 cm³/mol. The Morgan fingerprint density at radius 1 is 1.26 bits per heavy atom. The summed E-state index contributed by atoms with van der Waals surface area (Å²) in [6.45, 7) is 0. The monoisotopic (exact) mass is 267 g/mol. The number of aliphatic carboxylic acids is 1. The second kappa shape index (κ2) is 6.39. The van der Waals surface area contributed by atoms with E-state index in [-0.39, 0.29) is 11.3 Å². The number of rotatable bonds is 5. The molecule has 102 valence electrons. The fourth-order valence-electron chi connectivity index (χ4n) is 1.30. The number of carboxylic acids is 1. The van der Waals surface area contributed by atoms with Gasteiger partial charge in [-0.05, 0) is 24.3 Å². The number of hydrogen-bond donors (Lipinski definition) is 3. The molecule has 1 aromatic rings. The first-order chi connectivity index (χ1) is 8.93. The minimum absolute atomic E-state index is 0.0131. The molecule has 1 amide bonds. The molecule has 0 spiro atoms. The van der Waals surface area contributed by atoms with Crippen LogP contribution in [-0.4, -0.2) is 41.2 Å². The minimum atomic E-state index is -1.37. The van der Waals surface area contributed by atoms with Gasteiger partial charge in [-0.25, -0.2) is 4.79 Å². The van der Waals surface area contributed by atoms with Crippen molar-refractivity contribution >= 4 is 17.8 Å². The molecule has 1 aromatic carbocycles. The lowest BCUT2D eigenvalue weighted by Crippen LogP contribution is -2.42. The number of amides is 1. The van der Waals surface area contributed by atoms with Crippen LogP contribution >= 0.6 is 0 Å². The van der Waals surface area contributed by atoms with Crippen molar-refractivity contribution in [2.24, 2.45) is 0 Å². The maximum Gasteiger partial charge on any atom is 0.326 e. The normalized spacial score (nSPS) is 11.4. The summed E-state index contributed by atoms with van der Waals surface area (Å²) in [4.78, 5) is 33.7. The van der Waals surface area contributed by atoms with Gasteiger partial charge < -0.3 is 20.3 Å². The Hall–Kier alpha value is -2.57. The van der Waals surface area contributed by atoms with Gasteiger partial charge in [-0.15, -0.1) is 0 Å². The second-order valence-electron chi connectivity index (χ2n) is 3.69. The fraction of sp³-hybridized carbons (Fsp3) is 0.250. The zero-order valence-electron chi connectivity index (χ0n) is 10.1. The number of phenols is 1. The van der Waals surface area contributed by atoms with Crippen LogP contribution in [0.25, 0.3) is 0 Å². The third-order valence-corrected chi connectivity index (χ3v) is 2.33. The van der Waals surface area contributed by atoms with Crippen molar-refractivity contribution in [2.45, 2.75) is 12.5 Å². The molecule has 0 saturated carbocycles. The van der Waals surface area contributed by atoms with Gasteiger partial charge >= 0.3 is 11.9 Å². The number of methoxy groups -OCH3 is 1. The average Bonchev–Trinajstić information content (AvgIpc) is 2.38. The quantitative estimate of drug-likeness (QED) is 0.654. The highest BCUT2D eigenvalue weighted by Crippen LogP contribution is 2.10. The molecule has 0 aliphatic heterocycles. The first-order valence-corrected chi connectivity index (χ1v) is 5.33. The van der Waals surface area contributed by atoms with Crippen molar-refractivity contribution in [3.05, 3.63) is 29.8 Å². The topological polar surface area (TPSA) is 113 Å². The highest BCUT2D eigenvalue weighted by molar-refractivity contribution is 5.97. The van der Waals surface area contributed by atoms with Crippen LogP contribution in [0.1, 0.15) is 16.8 Å². The Balaban J connectivity index is 2.73. The van der Waals surface area contributed by atoms with Crippen LogP contribution < -0.4 is 5.32 Å². The van der Waals surface area contributed by atoms with Crippen LogP contribution in [0.15, 0.2) is 24.3 Å². The van der Waals surface area contributed by atoms with Crippen LogP contribution in [0.3, 0.4) is 0 Å². The molecule has 0 aromatic heterocycles. The largest absolute Gasteiger partial charge is 0.508 e. The Morgan fingerprint density at radius 3 is 2.32 bits per heavy atom. The van der Waals surface area contributed by atoms with Gasteiger partial charge in [0.25, 0.3) is 5.91 Å². The molecule has 0 saturated heterocycles. The van der Waals surface area contributed by atoms with E-state index in [0.717, 1.165) is 7.11 Å². The third kappa shape index (κ3) is 4.30. The lowest BCUT2D eigenvalue weighted by Gasteiger charge is -2.13. The van der Waals surface area contributed by atoms with Crippen LogP contribution in [0, 0.1) is 0 Å². The summed E-state index contributed by atoms with van der Waals surface area (Å²) >= 11 is 0. The molecule has 19 heavy (non-hydrogen) atoms. The van der Waals surface area contributed by atoms with E-state index in [1.807, 2.05) is 0 Å². The van der Waals surface area contributed by atoms with Crippen molar-refractivity contribution in [3.63, 3.8) is 0 Å². The Bertz CT molecular complexity index is 481. The summed E-state index contributed by atoms with van der Waals surface area (Å²) in [5.41, 5.74) is 0.175. The summed E-state index contributed by atoms with van der Waals surface area (Å²) < 4.78 is 4.35. The van der Waals surface area contributed by atoms with Gasteiger partial charge in [-0.2, -0.15) is 0 Å². The number of benzene rings is 1. The summed E-state index contributed by atoms with van der Waals surface area (Å²) in [7, 11) is 1.13. The van der Waals surface area contributed by atoms with Gasteiger partial charge in [0.2, 0.25) is 0 Å². The maximum absolute atomic E-state index is 11.7. The Morgan fingerprint density at radius 2 is 1.84 bits per heavy atom. The second-order valence-corrected chi connectivity index (χ2v) is 3.69. The lowest BCUT2D eigenvalue weighted by molar-refractivity contribution is -0.147. The molecule has 0 heterocycles. The van der Waals surface area contributed by atoms with E-state index >= 15 is 0 Å². The number of esters is 1. The van der Waals surface area contributed by atoms with Gasteiger partial charge in [0.05, 0.1) is 13.5 Å². The van der Waals surface area contributed by atoms with Gasteiger partial charge in [-0.3, -0.25) is 9.59 Å². The molecular weight excluding hydrogens is 254 g/mol. The van der Waals surface area contributed by atoms with Crippen LogP contribution in [0.5, 0.6) is 5.75 Å². The zero-order chi connectivity index (χ0) is 14.4. The van der Waals surface area contributed by atoms with E-state index in [1.54, 1.807) is 0 Å². The standard InChI is InChI=1S/C12H13NO6/c1-19-10(15)6-9(12(17)18)13-11(16)7-2-4-8(14)5-3-7/h2-5,9,14H,6H2,1H3,(H,13,16)(H,17,18)/t9-/m0/s1. The highest BCUT2D eigenvalue weighted by atomic mass is 16.5. The zero-order valence-corrected chi connectivity index (χ0v) is 10.1. The molecule has 1 rings (SSSR count). The number of carbonyl (C=O) groups excluding carboxylic acids is 2. The summed E-state index contributed by atoms with van der Waals surface area (Å²) in [5, 5.41) is 20.2. The van der Waals surface area contributed by atoms with E-state index in [2.05, 4.69) is 10.1 Å². The van der Waals surface area contributed by atoms with Gasteiger partial charge in [0, 0.05) is 5.56 Å². The van der Waals surface area contributed by atoms with Crippen molar-refractivity contribution in [1.82, 2.24) is 5.32 Å². The Kier molecular flexibility index (Phi) is 4.87. The number of nitrogens with one attached hydrogen (secondary N) is 1. The number of carboxylic acid groups (broad SMARTS) is 1. The lowest BCUT2D eigenvalue weighted by atomic mass is 10.1.